The van der Waals surface area contributed by atoms with Crippen LogP contribution in [0.15, 0.2) is 97.3 Å². The van der Waals surface area contributed by atoms with Crippen molar-refractivity contribution in [1.29, 1.82) is 0 Å². The number of carbonyl (C=O) groups excluding carboxylic acids is 6. The van der Waals surface area contributed by atoms with Gasteiger partial charge in [-0.25, -0.2) is 0 Å². The molecule has 6 amide bonds. The summed E-state index contributed by atoms with van der Waals surface area (Å²) in [7, 11) is 3.43. The van der Waals surface area contributed by atoms with Gasteiger partial charge in [0.1, 0.15) is 35.6 Å². The van der Waals surface area contributed by atoms with Gasteiger partial charge in [0.05, 0.1) is 36.6 Å². The van der Waals surface area contributed by atoms with Crippen molar-refractivity contribution in [3.8, 4) is 0 Å². The molecule has 6 heterocycles. The molecule has 4 aliphatic rings. The summed E-state index contributed by atoms with van der Waals surface area (Å²) in [5, 5.41) is 36.4. The van der Waals surface area contributed by atoms with E-state index in [0.29, 0.717) is 50.2 Å². The number of aromatic nitrogens is 6. The predicted molar refractivity (Wildman–Crippen MR) is 310 cm³/mol. The summed E-state index contributed by atoms with van der Waals surface area (Å²) in [4.78, 5) is 86.0. The lowest BCUT2D eigenvalue weighted by atomic mass is 9.98. The van der Waals surface area contributed by atoms with Crippen molar-refractivity contribution in [3.05, 3.63) is 131 Å². The van der Waals surface area contributed by atoms with Gasteiger partial charge in [0.2, 0.25) is 35.4 Å². The highest BCUT2D eigenvalue weighted by Crippen LogP contribution is 2.34. The summed E-state index contributed by atoms with van der Waals surface area (Å²) in [6, 6.07) is 23.5. The van der Waals surface area contributed by atoms with E-state index in [1.165, 1.54) is 11.1 Å². The number of nitrogens with one attached hydrogen (secondary N) is 6. The maximum absolute atomic E-state index is 14.3. The van der Waals surface area contributed by atoms with Crippen LogP contribution in [0.5, 0.6) is 0 Å². The number of fused-ring (bicyclic) bond motifs is 2. The Balaban J connectivity index is 0.734. The molecule has 0 bridgehead atoms. The molecule has 2 aromatic heterocycles. The molecule has 3 aromatic carbocycles. The first-order valence-corrected chi connectivity index (χ1v) is 30.1. The highest BCUT2D eigenvalue weighted by atomic mass is 16.2. The summed E-state index contributed by atoms with van der Waals surface area (Å²) >= 11 is 0. The molecular formula is C62H84N14O6. The minimum Gasteiger partial charge on any atom is -0.343 e. The number of unbranched alkanes of at least 4 members (excludes halogenated alkanes) is 2. The van der Waals surface area contributed by atoms with E-state index in [-0.39, 0.29) is 47.5 Å². The van der Waals surface area contributed by atoms with E-state index in [1.54, 1.807) is 37.7 Å². The summed E-state index contributed by atoms with van der Waals surface area (Å²) < 4.78 is 3.68. The SMILES string of the molecule is CN[C@@H](C)C(=O)N[C@@H]1CCCC[C@@H]2CC[C@@H](C(=O)N[C@@H](c3ccccc3)c3cn(CCCCc4ccc(CCCCn5cc([C@H](NC(=O)[C@@H]6CC[C@H]7CCCC[C@H](NC(=O)[C@@H](C)NC)C(=O)N76)c6ccccc6)nn5)cc4)nn3)N2C1=O. The van der Waals surface area contributed by atoms with Crippen LogP contribution in [0, 0.1) is 0 Å². The Bertz CT molecular complexity index is 2720. The topological polar surface area (TPSA) is 242 Å². The van der Waals surface area contributed by atoms with Crippen molar-refractivity contribution in [3.63, 3.8) is 0 Å². The number of amides is 6. The van der Waals surface area contributed by atoms with E-state index >= 15 is 0 Å². The lowest BCUT2D eigenvalue weighted by Crippen LogP contribution is -2.58. The van der Waals surface area contributed by atoms with E-state index in [1.807, 2.05) is 82.4 Å². The second kappa shape index (κ2) is 28.6. The molecule has 0 spiro atoms. The first kappa shape index (κ1) is 59.3. The molecule has 0 aliphatic carbocycles. The van der Waals surface area contributed by atoms with Gasteiger partial charge in [0, 0.05) is 25.2 Å². The van der Waals surface area contributed by atoms with Crippen molar-refractivity contribution in [2.45, 2.75) is 203 Å². The summed E-state index contributed by atoms with van der Waals surface area (Å²) in [6.07, 6.45) is 18.2. The van der Waals surface area contributed by atoms with Gasteiger partial charge in [0.25, 0.3) is 0 Å². The second-order valence-corrected chi connectivity index (χ2v) is 22.9. The number of rotatable bonds is 24. The quantitative estimate of drug-likeness (QED) is 0.0427. The first-order chi connectivity index (χ1) is 39.9. The smallest absolute Gasteiger partial charge is 0.246 e. The molecular weight excluding hydrogens is 1040 g/mol. The van der Waals surface area contributed by atoms with Gasteiger partial charge in [-0.05, 0) is 140 Å². The molecule has 4 saturated heterocycles. The van der Waals surface area contributed by atoms with Crippen LogP contribution in [0.2, 0.25) is 0 Å². The average Bonchev–Trinajstić information content (AvgIpc) is 4.39. The third-order valence-corrected chi connectivity index (χ3v) is 17.3. The molecule has 5 aromatic rings. The number of hydrogen-bond acceptors (Lipinski definition) is 12. The van der Waals surface area contributed by atoms with Crippen molar-refractivity contribution in [2.24, 2.45) is 0 Å². The zero-order chi connectivity index (χ0) is 57.5. The van der Waals surface area contributed by atoms with Gasteiger partial charge < -0.3 is 41.7 Å². The van der Waals surface area contributed by atoms with Crippen molar-refractivity contribution < 1.29 is 28.8 Å². The fourth-order valence-electron chi connectivity index (χ4n) is 12.3. The fourth-order valence-corrected chi connectivity index (χ4v) is 12.3. The molecule has 82 heavy (non-hydrogen) atoms. The van der Waals surface area contributed by atoms with Crippen LogP contribution >= 0.6 is 0 Å². The number of aryl methyl sites for hydroxylation is 4. The van der Waals surface area contributed by atoms with Crippen molar-refractivity contribution in [1.82, 2.24) is 71.7 Å². The molecule has 6 N–H and O–H groups in total. The molecule has 4 aliphatic heterocycles. The lowest BCUT2D eigenvalue weighted by molar-refractivity contribution is -0.144. The number of likely N-dealkylation sites (N-methyl/N-ethyl adjacent to an activating group) is 2. The molecule has 438 valence electrons. The van der Waals surface area contributed by atoms with Crippen LogP contribution in [-0.2, 0) is 54.7 Å². The maximum atomic E-state index is 14.3. The molecule has 0 saturated carbocycles. The summed E-state index contributed by atoms with van der Waals surface area (Å²) in [5.74, 6) is -1.31. The Morgan fingerprint density at radius 2 is 0.902 bits per heavy atom. The van der Waals surface area contributed by atoms with Crippen LogP contribution in [0.25, 0.3) is 0 Å². The predicted octanol–water partition coefficient (Wildman–Crippen LogP) is 5.38. The molecule has 4 fully saturated rings. The third kappa shape index (κ3) is 14.8. The third-order valence-electron chi connectivity index (χ3n) is 17.3. The normalized spacial score (nSPS) is 22.5. The Kier molecular flexibility index (Phi) is 20.7. The Hall–Kier alpha value is -7.32. The summed E-state index contributed by atoms with van der Waals surface area (Å²) in [6.45, 7) is 4.86. The summed E-state index contributed by atoms with van der Waals surface area (Å²) in [5.41, 5.74) is 5.53. The standard InChI is InChI=1S/C62H84N14O6/c1-41(63-3)57(77)65-49-27-13-11-25-47-33-35-53(75(47)61(49)81)59(79)67-55(45-21-7-5-8-22-45)51-39-73(71-69-51)37-17-15-19-43-29-31-44(32-30-43)20-16-18-38-74-40-52(70-72-74)56(46-23-9-6-10-24-46)68-60(80)54-36-34-48-26-12-14-28-50(62(82)76(48)54)66-58(78)42(2)64-4/h5-10,21-24,29-32,39-42,47-50,53-56,63-64H,11-20,25-28,33-38H2,1-4H3,(H,65,77)(H,66,78)(H,67,79)(H,68,80)/t41-,42+,47-,48-,49+,50-,53+,54+,55-,56+/m1/s1. The lowest BCUT2D eigenvalue weighted by Gasteiger charge is -2.36. The largest absolute Gasteiger partial charge is 0.343 e. The van der Waals surface area contributed by atoms with Gasteiger partial charge in [0.15, 0.2) is 0 Å². The molecule has 0 radical (unpaired) electrons. The van der Waals surface area contributed by atoms with Crippen molar-refractivity contribution >= 4 is 35.4 Å². The highest BCUT2D eigenvalue weighted by molar-refractivity contribution is 5.95. The van der Waals surface area contributed by atoms with E-state index in [9.17, 15) is 28.8 Å². The average molecular weight is 1120 g/mol. The van der Waals surface area contributed by atoms with Gasteiger partial charge in [-0.2, -0.15) is 0 Å². The van der Waals surface area contributed by atoms with E-state index in [0.717, 1.165) is 101 Å². The molecule has 0 unspecified atom stereocenters. The van der Waals surface area contributed by atoms with Gasteiger partial charge >= 0.3 is 0 Å². The molecule has 9 rings (SSSR count). The number of hydrogen-bond donors (Lipinski definition) is 6. The molecule has 20 nitrogen and oxygen atoms in total. The Morgan fingerprint density at radius 1 is 0.512 bits per heavy atom. The fraction of sp³-hybridized carbons (Fsp3) is 0.548. The van der Waals surface area contributed by atoms with Crippen LogP contribution in [0.3, 0.4) is 0 Å². The van der Waals surface area contributed by atoms with E-state index < -0.39 is 48.3 Å². The number of nitrogens with zero attached hydrogens (tertiary/aromatic N) is 8. The van der Waals surface area contributed by atoms with Gasteiger partial charge in [-0.3, -0.25) is 38.1 Å². The Morgan fingerprint density at radius 3 is 1.29 bits per heavy atom. The second-order valence-electron chi connectivity index (χ2n) is 22.9. The van der Waals surface area contributed by atoms with Crippen LogP contribution in [0.4, 0.5) is 0 Å². The van der Waals surface area contributed by atoms with Crippen molar-refractivity contribution in [2.75, 3.05) is 14.1 Å². The Labute approximate surface area is 482 Å². The van der Waals surface area contributed by atoms with Gasteiger partial charge in [-0.1, -0.05) is 121 Å². The maximum Gasteiger partial charge on any atom is 0.246 e. The number of carbonyl (C=O) groups is 6. The van der Waals surface area contributed by atoms with Crippen LogP contribution in [0.1, 0.15) is 162 Å². The monoisotopic (exact) mass is 1120 g/mol. The van der Waals surface area contributed by atoms with E-state index in [4.69, 9.17) is 0 Å². The molecule has 20 heteroatoms. The molecule has 10 atom stereocenters. The highest BCUT2D eigenvalue weighted by Gasteiger charge is 2.46. The minimum atomic E-state index is -0.676. The van der Waals surface area contributed by atoms with Crippen LogP contribution in [-0.4, -0.2) is 138 Å². The first-order valence-electron chi connectivity index (χ1n) is 30.1. The van der Waals surface area contributed by atoms with E-state index in [2.05, 4.69) is 76.8 Å². The van der Waals surface area contributed by atoms with Crippen LogP contribution < -0.4 is 31.9 Å². The van der Waals surface area contributed by atoms with Gasteiger partial charge in [-0.15, -0.1) is 10.2 Å². The minimum absolute atomic E-state index is 0.0483. The zero-order valence-electron chi connectivity index (χ0n) is 48.2. The zero-order valence-corrected chi connectivity index (χ0v) is 48.2. The number of benzene rings is 3.